The lowest BCUT2D eigenvalue weighted by Gasteiger charge is -2.48. The van der Waals surface area contributed by atoms with Crippen molar-refractivity contribution in [3.8, 4) is 0 Å². The van der Waals surface area contributed by atoms with E-state index in [1.165, 1.54) is 34.2 Å². The maximum atomic E-state index is 13.8. The van der Waals surface area contributed by atoms with E-state index in [0.29, 0.717) is 5.02 Å². The first-order chi connectivity index (χ1) is 16.4. The predicted molar refractivity (Wildman–Crippen MR) is 134 cm³/mol. The third kappa shape index (κ3) is 4.75. The van der Waals surface area contributed by atoms with Crippen molar-refractivity contribution in [2.24, 2.45) is 5.73 Å². The third-order valence-electron chi connectivity index (χ3n) is 5.89. The lowest BCUT2D eigenvalue weighted by molar-refractivity contribution is -0.149. The third-order valence-corrected chi connectivity index (χ3v) is 8.62. The maximum Gasteiger partial charge on any atom is 0.267 e. The van der Waals surface area contributed by atoms with Crippen molar-refractivity contribution in [3.05, 3.63) is 75.1 Å². The van der Waals surface area contributed by atoms with Gasteiger partial charge in [0.1, 0.15) is 22.8 Å². The van der Waals surface area contributed by atoms with Crippen molar-refractivity contribution < 1.29 is 18.0 Å². The first-order valence-electron chi connectivity index (χ1n) is 10.8. The summed E-state index contributed by atoms with van der Waals surface area (Å²) in [6, 6.07) is 8.47. The highest BCUT2D eigenvalue weighted by atomic mass is 35.5. The summed E-state index contributed by atoms with van der Waals surface area (Å²) in [4.78, 5) is 29.1. The van der Waals surface area contributed by atoms with E-state index in [1.54, 1.807) is 38.1 Å². The molecule has 0 spiro atoms. The molecule has 1 fully saturated rings. The molecule has 2 unspecified atom stereocenters. The van der Waals surface area contributed by atoms with Crippen LogP contribution in [0.15, 0.2) is 59.4 Å². The number of sulfonamides is 1. The zero-order valence-corrected chi connectivity index (χ0v) is 21.9. The van der Waals surface area contributed by atoms with Crippen LogP contribution in [0.25, 0.3) is 0 Å². The number of rotatable bonds is 5. The van der Waals surface area contributed by atoms with E-state index in [4.69, 9.17) is 40.5 Å². The number of nitrogens with zero attached hydrogens (tertiary/aromatic N) is 3. The molecule has 0 aromatic heterocycles. The van der Waals surface area contributed by atoms with Crippen LogP contribution < -0.4 is 5.73 Å². The summed E-state index contributed by atoms with van der Waals surface area (Å²) in [5, 5.41) is 0.677. The van der Waals surface area contributed by atoms with Gasteiger partial charge in [0.25, 0.3) is 10.0 Å². The first kappa shape index (κ1) is 25.8. The van der Waals surface area contributed by atoms with E-state index in [0.717, 1.165) is 9.87 Å². The molecule has 2 amide bonds. The van der Waals surface area contributed by atoms with Crippen LogP contribution in [-0.4, -0.2) is 59.0 Å². The Morgan fingerprint density at radius 2 is 1.63 bits per heavy atom. The Morgan fingerprint density at radius 3 is 2.26 bits per heavy atom. The van der Waals surface area contributed by atoms with Crippen molar-refractivity contribution in [1.29, 1.82) is 0 Å². The number of carbonyl (C=O) groups is 2. The second kappa shape index (κ2) is 9.63. The summed E-state index contributed by atoms with van der Waals surface area (Å²) in [6.45, 7) is 3.28. The molecular weight excluding hydrogens is 535 g/mol. The van der Waals surface area contributed by atoms with Gasteiger partial charge in [-0.2, -0.15) is 0 Å². The fourth-order valence-corrected chi connectivity index (χ4v) is 6.45. The van der Waals surface area contributed by atoms with Gasteiger partial charge in [-0.15, -0.1) is 0 Å². The molecule has 186 valence electrons. The Morgan fingerprint density at radius 1 is 1.00 bits per heavy atom. The fraction of sp³-hybridized carbons (Fsp3) is 0.304. The Kier molecular flexibility index (Phi) is 7.09. The largest absolute Gasteiger partial charge is 0.318 e. The molecule has 0 radical (unpaired) electrons. The van der Waals surface area contributed by atoms with Crippen LogP contribution >= 0.6 is 34.8 Å². The number of hydrogen-bond donors (Lipinski definition) is 1. The number of halogens is 3. The molecule has 1 saturated heterocycles. The van der Waals surface area contributed by atoms with E-state index in [-0.39, 0.29) is 45.7 Å². The van der Waals surface area contributed by atoms with Crippen molar-refractivity contribution in [2.75, 3.05) is 6.54 Å². The van der Waals surface area contributed by atoms with Crippen LogP contribution in [0.4, 0.5) is 0 Å². The second-order valence-corrected chi connectivity index (χ2v) is 11.7. The molecule has 2 aliphatic rings. The number of amides is 2. The smallest absolute Gasteiger partial charge is 0.267 e. The molecule has 2 N–H and O–H groups in total. The summed E-state index contributed by atoms with van der Waals surface area (Å²) in [7, 11) is -4.29. The topological polar surface area (TPSA) is 104 Å². The molecule has 0 aliphatic carbocycles. The molecule has 0 saturated carbocycles. The number of nitrogens with two attached hydrogens (primary N) is 1. The van der Waals surface area contributed by atoms with E-state index in [2.05, 4.69) is 0 Å². The first-order valence-corrected chi connectivity index (χ1v) is 13.3. The molecule has 4 rings (SSSR count). The Labute approximate surface area is 218 Å². The van der Waals surface area contributed by atoms with Crippen molar-refractivity contribution in [2.45, 2.75) is 43.3 Å². The lowest BCUT2D eigenvalue weighted by atomic mass is 9.99. The predicted octanol–water partition coefficient (Wildman–Crippen LogP) is 3.47. The summed E-state index contributed by atoms with van der Waals surface area (Å²) in [5.41, 5.74) is 6.85. The maximum absolute atomic E-state index is 13.8. The van der Waals surface area contributed by atoms with E-state index < -0.39 is 28.0 Å². The summed E-state index contributed by atoms with van der Waals surface area (Å²) in [6.07, 6.45) is 1.52. The molecule has 2 aromatic rings. The average molecular weight is 558 g/mol. The van der Waals surface area contributed by atoms with Gasteiger partial charge in [-0.1, -0.05) is 46.9 Å². The van der Waals surface area contributed by atoms with Gasteiger partial charge in [0.2, 0.25) is 11.8 Å². The standard InChI is InChI=1S/C23H23Cl3N4O4S/c1-13(2)28-12-21-29(35(33,34)20-10-16(25)7-8-17(20)26)11-18(27)22(31)30(21)19(23(28)32)9-14-3-5-15(24)6-4-14/h3-8,10,12-13,18-19H,9,11,27H2,1-2H3. The average Bonchev–Trinajstić information content (AvgIpc) is 2.80. The minimum absolute atomic E-state index is 0.0278. The van der Waals surface area contributed by atoms with Crippen LogP contribution in [0.2, 0.25) is 15.1 Å². The zero-order chi connectivity index (χ0) is 25.7. The summed E-state index contributed by atoms with van der Waals surface area (Å²) < 4.78 is 28.5. The highest BCUT2D eigenvalue weighted by Gasteiger charge is 2.49. The highest BCUT2D eigenvalue weighted by Crippen LogP contribution is 2.36. The molecule has 2 heterocycles. The highest BCUT2D eigenvalue weighted by molar-refractivity contribution is 7.89. The number of benzene rings is 2. The number of carbonyl (C=O) groups excluding carboxylic acids is 2. The van der Waals surface area contributed by atoms with Gasteiger partial charge in [-0.25, -0.2) is 12.7 Å². The van der Waals surface area contributed by atoms with Gasteiger partial charge < -0.3 is 10.6 Å². The second-order valence-electron chi connectivity index (χ2n) is 8.60. The zero-order valence-electron chi connectivity index (χ0n) is 18.9. The Hall–Kier alpha value is -2.30. The van der Waals surface area contributed by atoms with E-state index in [1.807, 2.05) is 0 Å². The van der Waals surface area contributed by atoms with Crippen LogP contribution in [0.5, 0.6) is 0 Å². The van der Waals surface area contributed by atoms with Crippen LogP contribution in [-0.2, 0) is 26.0 Å². The monoisotopic (exact) mass is 556 g/mol. The summed E-state index contributed by atoms with van der Waals surface area (Å²) >= 11 is 18.3. The molecular formula is C23H23Cl3N4O4S. The number of fused-ring (bicyclic) bond motifs is 1. The van der Waals surface area contributed by atoms with Gasteiger partial charge >= 0.3 is 0 Å². The minimum Gasteiger partial charge on any atom is -0.318 e. The van der Waals surface area contributed by atoms with Gasteiger partial charge in [0.05, 0.1) is 11.6 Å². The Balaban J connectivity index is 1.85. The summed E-state index contributed by atoms with van der Waals surface area (Å²) in [5.74, 6) is -0.866. The van der Waals surface area contributed by atoms with Gasteiger partial charge in [0, 0.05) is 28.7 Å². The minimum atomic E-state index is -4.29. The van der Waals surface area contributed by atoms with Crippen LogP contribution in [0.1, 0.15) is 19.4 Å². The normalized spacial score (nSPS) is 20.9. The van der Waals surface area contributed by atoms with E-state index in [9.17, 15) is 18.0 Å². The van der Waals surface area contributed by atoms with Crippen LogP contribution in [0, 0.1) is 0 Å². The van der Waals surface area contributed by atoms with Crippen molar-refractivity contribution in [3.63, 3.8) is 0 Å². The SMILES string of the molecule is CC(C)N1C=C2N(C(=O)C(N)CN2S(=O)(=O)c2cc(Cl)ccc2Cl)C(Cc2ccc(Cl)cc2)C1=O. The lowest BCUT2D eigenvalue weighted by Crippen LogP contribution is -2.66. The molecule has 8 nitrogen and oxygen atoms in total. The van der Waals surface area contributed by atoms with Crippen molar-refractivity contribution in [1.82, 2.24) is 14.1 Å². The van der Waals surface area contributed by atoms with Gasteiger partial charge in [-0.3, -0.25) is 14.5 Å². The molecule has 0 bridgehead atoms. The fourth-order valence-electron chi connectivity index (χ4n) is 4.11. The molecule has 2 atom stereocenters. The van der Waals surface area contributed by atoms with Gasteiger partial charge in [-0.05, 0) is 49.7 Å². The molecule has 2 aliphatic heterocycles. The molecule has 35 heavy (non-hydrogen) atoms. The van der Waals surface area contributed by atoms with Gasteiger partial charge in [0.15, 0.2) is 0 Å². The number of hydrogen-bond acceptors (Lipinski definition) is 5. The molecule has 12 heteroatoms. The van der Waals surface area contributed by atoms with Crippen LogP contribution in [0.3, 0.4) is 0 Å². The quantitative estimate of drug-likeness (QED) is 0.606. The molecule has 2 aromatic carbocycles. The van der Waals surface area contributed by atoms with Crippen molar-refractivity contribution >= 4 is 56.6 Å². The van der Waals surface area contributed by atoms with E-state index >= 15 is 0 Å². The Bertz CT molecular complexity index is 1310.